The van der Waals surface area contributed by atoms with Crippen LogP contribution in [0.3, 0.4) is 0 Å². The third-order valence-electron chi connectivity index (χ3n) is 9.17. The zero-order chi connectivity index (χ0) is 29.6. The molecule has 0 bridgehead atoms. The van der Waals surface area contributed by atoms with Crippen molar-refractivity contribution in [1.29, 1.82) is 0 Å². The highest BCUT2D eigenvalue weighted by atomic mass is 15.3. The average molecular weight is 579 g/mol. The molecule has 0 amide bonds. The number of nitrogens with zero attached hydrogens (tertiary/aromatic N) is 3. The molecule has 1 fully saturated rings. The van der Waals surface area contributed by atoms with Crippen LogP contribution in [0.1, 0.15) is 11.4 Å². The Balaban J connectivity index is 1.09. The minimum Gasteiger partial charge on any atom is -0.368 e. The van der Waals surface area contributed by atoms with Crippen LogP contribution in [0.15, 0.2) is 103 Å². The predicted molar refractivity (Wildman–Crippen MR) is 184 cm³/mol. The summed E-state index contributed by atoms with van der Waals surface area (Å²) in [7, 11) is 4.25. The number of fused-ring (bicyclic) bond motifs is 3. The molecule has 0 aliphatic carbocycles. The summed E-state index contributed by atoms with van der Waals surface area (Å²) in [5, 5.41) is 3.87. The Bertz CT molecular complexity index is 2070. The van der Waals surface area contributed by atoms with Crippen LogP contribution in [-0.4, -0.2) is 65.0 Å². The number of H-pyrrole nitrogens is 3. The Labute approximate surface area is 257 Å². The van der Waals surface area contributed by atoms with Gasteiger partial charge in [0.15, 0.2) is 0 Å². The quantitative estimate of drug-likeness (QED) is 0.181. The zero-order valence-electron chi connectivity index (χ0n) is 25.4. The van der Waals surface area contributed by atoms with Crippen LogP contribution in [0.5, 0.6) is 0 Å². The molecule has 6 nitrogen and oxygen atoms in total. The van der Waals surface area contributed by atoms with E-state index in [0.29, 0.717) is 0 Å². The fraction of sp³-hybridized carbons (Fsp3) is 0.211. The van der Waals surface area contributed by atoms with E-state index in [1.54, 1.807) is 0 Å². The number of anilines is 1. The van der Waals surface area contributed by atoms with Crippen molar-refractivity contribution >= 4 is 38.4 Å². The van der Waals surface area contributed by atoms with Gasteiger partial charge in [0.2, 0.25) is 0 Å². The Morgan fingerprint density at radius 2 is 1.18 bits per heavy atom. The van der Waals surface area contributed by atoms with Crippen LogP contribution >= 0.6 is 0 Å². The van der Waals surface area contributed by atoms with E-state index in [1.807, 2.05) is 6.20 Å². The van der Waals surface area contributed by atoms with Gasteiger partial charge in [-0.15, -0.1) is 0 Å². The van der Waals surface area contributed by atoms with Gasteiger partial charge in [-0.2, -0.15) is 0 Å². The Morgan fingerprint density at radius 1 is 0.591 bits per heavy atom. The molecule has 0 unspecified atom stereocenters. The molecule has 4 heterocycles. The number of nitrogens with one attached hydrogen (secondary N) is 3. The number of para-hydroxylation sites is 2. The number of benzene rings is 4. The first-order valence-electron chi connectivity index (χ1n) is 15.6. The van der Waals surface area contributed by atoms with Crippen molar-refractivity contribution in [2.75, 3.05) is 45.2 Å². The second kappa shape index (κ2) is 11.1. The Hall–Kier alpha value is -4.78. The number of hydrogen-bond acceptors (Lipinski definition) is 3. The first-order chi connectivity index (χ1) is 21.6. The summed E-state index contributed by atoms with van der Waals surface area (Å²) in [6.07, 6.45) is 2.04. The summed E-state index contributed by atoms with van der Waals surface area (Å²) in [5.74, 6) is 0. The fourth-order valence-corrected chi connectivity index (χ4v) is 7.13. The lowest BCUT2D eigenvalue weighted by Gasteiger charge is -2.36. The van der Waals surface area contributed by atoms with Gasteiger partial charge >= 0.3 is 0 Å². The van der Waals surface area contributed by atoms with Gasteiger partial charge in [-0.3, -0.25) is 4.90 Å². The molecule has 44 heavy (non-hydrogen) atoms. The lowest BCUT2D eigenvalue weighted by Crippen LogP contribution is -2.46. The van der Waals surface area contributed by atoms with Gasteiger partial charge in [-0.05, 0) is 55.6 Å². The summed E-state index contributed by atoms with van der Waals surface area (Å²) in [5.41, 5.74) is 12.6. The summed E-state index contributed by atoms with van der Waals surface area (Å²) in [6, 6.07) is 35.3. The molecular formula is C38H38N6. The van der Waals surface area contributed by atoms with Crippen LogP contribution in [0.25, 0.3) is 55.0 Å². The summed E-state index contributed by atoms with van der Waals surface area (Å²) >= 11 is 0. The number of hydrogen-bond donors (Lipinski definition) is 3. The van der Waals surface area contributed by atoms with Crippen LogP contribution in [-0.2, 0) is 13.1 Å². The maximum absolute atomic E-state index is 3.80. The van der Waals surface area contributed by atoms with E-state index in [-0.39, 0.29) is 0 Å². The van der Waals surface area contributed by atoms with Gasteiger partial charge in [0, 0.05) is 106 Å². The van der Waals surface area contributed by atoms with Crippen molar-refractivity contribution in [3.63, 3.8) is 0 Å². The number of aromatic nitrogens is 3. The molecule has 7 aromatic rings. The molecule has 1 aliphatic heterocycles. The molecule has 8 rings (SSSR count). The molecule has 0 saturated carbocycles. The van der Waals surface area contributed by atoms with Gasteiger partial charge in [0.25, 0.3) is 0 Å². The first-order valence-corrected chi connectivity index (χ1v) is 15.6. The maximum Gasteiger partial charge on any atom is 0.0474 e. The zero-order valence-corrected chi connectivity index (χ0v) is 25.4. The SMILES string of the molecule is CN(C)Cc1[nH]c2ccccc2c1-c1ccc(-c2c(CN3CCN(c4cccc5[nH]ccc45)CC3)[nH]c3ccccc23)cc1. The highest BCUT2D eigenvalue weighted by Crippen LogP contribution is 2.37. The molecule has 6 heteroatoms. The lowest BCUT2D eigenvalue weighted by molar-refractivity contribution is 0.248. The van der Waals surface area contributed by atoms with Crippen LogP contribution < -0.4 is 4.90 Å². The summed E-state index contributed by atoms with van der Waals surface area (Å²) in [4.78, 5) is 18.2. The molecule has 0 atom stereocenters. The largest absolute Gasteiger partial charge is 0.368 e. The fourth-order valence-electron chi connectivity index (χ4n) is 7.13. The Morgan fingerprint density at radius 3 is 1.84 bits per heavy atom. The highest BCUT2D eigenvalue weighted by molar-refractivity contribution is 6.00. The van der Waals surface area contributed by atoms with Crippen molar-refractivity contribution in [3.05, 3.63) is 115 Å². The van der Waals surface area contributed by atoms with Crippen LogP contribution in [0, 0.1) is 0 Å². The lowest BCUT2D eigenvalue weighted by atomic mass is 9.96. The maximum atomic E-state index is 3.80. The number of aromatic amines is 3. The van der Waals surface area contributed by atoms with E-state index in [2.05, 4.69) is 141 Å². The average Bonchev–Trinajstić information content (AvgIpc) is 3.76. The van der Waals surface area contributed by atoms with E-state index in [1.165, 1.54) is 72.0 Å². The molecule has 220 valence electrons. The van der Waals surface area contributed by atoms with E-state index >= 15 is 0 Å². The minimum absolute atomic E-state index is 0.867. The third kappa shape index (κ3) is 4.77. The van der Waals surface area contributed by atoms with Crippen LogP contribution in [0.4, 0.5) is 5.69 Å². The normalized spacial score (nSPS) is 14.5. The number of rotatable bonds is 7. The predicted octanol–water partition coefficient (Wildman–Crippen LogP) is 7.85. The monoisotopic (exact) mass is 578 g/mol. The molecule has 1 saturated heterocycles. The summed E-state index contributed by atoms with van der Waals surface area (Å²) < 4.78 is 0. The first kappa shape index (κ1) is 26.8. The minimum atomic E-state index is 0.867. The van der Waals surface area contributed by atoms with Gasteiger partial charge in [-0.1, -0.05) is 66.7 Å². The standard InChI is InChI=1S/C38H38N6/c1-42(2)24-34-37(29-8-3-5-10-32(29)40-34)26-14-16-27(17-15-26)38-30-9-4-6-11-33(30)41-35(38)25-43-20-22-44(23-21-43)36-13-7-12-31-28(36)18-19-39-31/h3-19,39-41H,20-25H2,1-2H3. The second-order valence-electron chi connectivity index (χ2n) is 12.3. The van der Waals surface area contributed by atoms with Crippen molar-refractivity contribution in [2.24, 2.45) is 0 Å². The molecular weight excluding hydrogens is 540 g/mol. The van der Waals surface area contributed by atoms with Crippen molar-refractivity contribution < 1.29 is 0 Å². The van der Waals surface area contributed by atoms with Gasteiger partial charge in [0.1, 0.15) is 0 Å². The summed E-state index contributed by atoms with van der Waals surface area (Å²) in [6.45, 7) is 5.88. The van der Waals surface area contributed by atoms with Crippen molar-refractivity contribution in [2.45, 2.75) is 13.1 Å². The molecule has 1 aliphatic rings. The second-order valence-corrected chi connectivity index (χ2v) is 12.3. The molecule has 0 spiro atoms. The third-order valence-corrected chi connectivity index (χ3v) is 9.17. The van der Waals surface area contributed by atoms with Gasteiger partial charge in [0.05, 0.1) is 0 Å². The molecule has 3 aromatic heterocycles. The van der Waals surface area contributed by atoms with E-state index < -0.39 is 0 Å². The number of piperazine rings is 1. The van der Waals surface area contributed by atoms with Crippen molar-refractivity contribution in [1.82, 2.24) is 24.8 Å². The smallest absolute Gasteiger partial charge is 0.0474 e. The van der Waals surface area contributed by atoms with Gasteiger partial charge in [-0.25, -0.2) is 0 Å². The van der Waals surface area contributed by atoms with Crippen LogP contribution in [0.2, 0.25) is 0 Å². The van der Waals surface area contributed by atoms with Gasteiger partial charge < -0.3 is 24.8 Å². The highest BCUT2D eigenvalue weighted by Gasteiger charge is 2.22. The molecule has 3 N–H and O–H groups in total. The Kier molecular flexibility index (Phi) is 6.74. The topological polar surface area (TPSA) is 57.1 Å². The molecule has 4 aromatic carbocycles. The van der Waals surface area contributed by atoms with E-state index in [0.717, 1.165) is 39.3 Å². The van der Waals surface area contributed by atoms with Crippen molar-refractivity contribution in [3.8, 4) is 22.3 Å². The molecule has 0 radical (unpaired) electrons. The van der Waals surface area contributed by atoms with E-state index in [9.17, 15) is 0 Å². The van der Waals surface area contributed by atoms with E-state index in [4.69, 9.17) is 0 Å².